The third kappa shape index (κ3) is 6.47. The second kappa shape index (κ2) is 13.5. The molecule has 1 atom stereocenters. The first-order chi connectivity index (χ1) is 19.4. The van der Waals surface area contributed by atoms with Crippen molar-refractivity contribution >= 4 is 11.6 Å². The molecule has 1 saturated heterocycles. The number of halogens is 3. The number of nitrogens with one attached hydrogen (secondary N) is 1. The third-order valence-electron chi connectivity index (χ3n) is 6.79. The number of nitrogens with zero attached hydrogens (tertiary/aromatic N) is 4. The highest BCUT2D eigenvalue weighted by Gasteiger charge is 2.33. The minimum Gasteiger partial charge on any atom is -0.477 e. The zero-order valence-corrected chi connectivity index (χ0v) is 22.9. The standard InChI is InChI=1S/C29H34F3N5O3/c1-4-20-18-36(29(38)21-9-8-19(30)17-23(21)26(31)32)14-15-37(20)25-11-10-24(35-28(25)40-16-13-33-3)22-7-6-12-34-27(22)39-5-2/h6-12,17,20,26,33H,4-5,13-16,18H2,1-3H3/t20-/m1/s1. The molecule has 1 amide bonds. The van der Waals surface area contributed by atoms with E-state index in [1.807, 2.05) is 45.2 Å². The molecule has 1 fully saturated rings. The Morgan fingerprint density at radius 2 is 1.95 bits per heavy atom. The van der Waals surface area contributed by atoms with E-state index in [9.17, 15) is 18.0 Å². The van der Waals surface area contributed by atoms with Gasteiger partial charge in [-0.05, 0) is 62.9 Å². The smallest absolute Gasteiger partial charge is 0.264 e. The topological polar surface area (TPSA) is 79.8 Å². The number of alkyl halides is 2. The zero-order chi connectivity index (χ0) is 28.6. The maximum atomic E-state index is 13.6. The second-order valence-corrected chi connectivity index (χ2v) is 9.30. The summed E-state index contributed by atoms with van der Waals surface area (Å²) in [6, 6.07) is 10.3. The van der Waals surface area contributed by atoms with E-state index in [2.05, 4.69) is 15.2 Å². The van der Waals surface area contributed by atoms with Crippen LogP contribution in [-0.2, 0) is 0 Å². The van der Waals surface area contributed by atoms with Gasteiger partial charge in [-0.2, -0.15) is 0 Å². The first kappa shape index (κ1) is 29.1. The quantitative estimate of drug-likeness (QED) is 0.334. The van der Waals surface area contributed by atoms with Crippen LogP contribution in [0.4, 0.5) is 18.9 Å². The molecule has 0 bridgehead atoms. The van der Waals surface area contributed by atoms with E-state index in [1.165, 1.54) is 0 Å². The number of carbonyl (C=O) groups is 1. The Kier molecular flexibility index (Phi) is 9.81. The number of carbonyl (C=O) groups excluding carboxylic acids is 1. The van der Waals surface area contributed by atoms with Crippen molar-refractivity contribution in [2.24, 2.45) is 0 Å². The van der Waals surface area contributed by atoms with Crippen LogP contribution in [0.5, 0.6) is 11.8 Å². The number of amides is 1. The number of hydrogen-bond acceptors (Lipinski definition) is 7. The van der Waals surface area contributed by atoms with Gasteiger partial charge in [-0.1, -0.05) is 6.92 Å². The highest BCUT2D eigenvalue weighted by atomic mass is 19.3. The minimum atomic E-state index is -2.96. The molecule has 4 rings (SSSR count). The Morgan fingerprint density at radius 3 is 2.67 bits per heavy atom. The van der Waals surface area contributed by atoms with Crippen molar-refractivity contribution in [3.8, 4) is 23.0 Å². The molecule has 0 spiro atoms. The van der Waals surface area contributed by atoms with Gasteiger partial charge in [0.2, 0.25) is 11.8 Å². The van der Waals surface area contributed by atoms with Crippen LogP contribution in [0.2, 0.25) is 0 Å². The van der Waals surface area contributed by atoms with Crippen molar-refractivity contribution in [3.05, 3.63) is 65.6 Å². The molecule has 0 saturated carbocycles. The second-order valence-electron chi connectivity index (χ2n) is 9.30. The van der Waals surface area contributed by atoms with E-state index in [0.29, 0.717) is 63.3 Å². The number of piperazine rings is 1. The van der Waals surface area contributed by atoms with E-state index in [4.69, 9.17) is 14.5 Å². The summed E-state index contributed by atoms with van der Waals surface area (Å²) in [7, 11) is 1.84. The summed E-state index contributed by atoms with van der Waals surface area (Å²) in [5.41, 5.74) is 1.39. The number of hydrogen-bond donors (Lipinski definition) is 1. The Hall–Kier alpha value is -3.86. The first-order valence-electron chi connectivity index (χ1n) is 13.4. The lowest BCUT2D eigenvalue weighted by Crippen LogP contribution is -2.55. The Balaban J connectivity index is 1.62. The number of rotatable bonds is 11. The molecule has 3 aromatic rings. The molecule has 3 heterocycles. The zero-order valence-electron chi connectivity index (χ0n) is 22.9. The maximum absolute atomic E-state index is 13.6. The van der Waals surface area contributed by atoms with Gasteiger partial charge in [0.05, 0.1) is 17.9 Å². The average Bonchev–Trinajstić information content (AvgIpc) is 2.97. The summed E-state index contributed by atoms with van der Waals surface area (Å²) in [5, 5.41) is 3.06. The van der Waals surface area contributed by atoms with Crippen molar-refractivity contribution in [1.82, 2.24) is 20.2 Å². The van der Waals surface area contributed by atoms with E-state index in [-0.39, 0.29) is 11.6 Å². The van der Waals surface area contributed by atoms with Crippen molar-refractivity contribution in [1.29, 1.82) is 0 Å². The maximum Gasteiger partial charge on any atom is 0.264 e. The summed E-state index contributed by atoms with van der Waals surface area (Å²) in [5.74, 6) is -0.415. The molecule has 0 radical (unpaired) electrons. The van der Waals surface area contributed by atoms with Gasteiger partial charge in [-0.3, -0.25) is 4.79 Å². The van der Waals surface area contributed by atoms with Crippen LogP contribution >= 0.6 is 0 Å². The summed E-state index contributed by atoms with van der Waals surface area (Å²) in [4.78, 5) is 26.1. The van der Waals surface area contributed by atoms with Crippen LogP contribution < -0.4 is 19.7 Å². The summed E-state index contributed by atoms with van der Waals surface area (Å²) in [6.07, 6.45) is -0.609. The molecule has 11 heteroatoms. The van der Waals surface area contributed by atoms with Gasteiger partial charge in [0.15, 0.2) is 0 Å². The van der Waals surface area contributed by atoms with E-state index < -0.39 is 23.7 Å². The van der Waals surface area contributed by atoms with Crippen molar-refractivity contribution in [2.45, 2.75) is 32.7 Å². The minimum absolute atomic E-state index is 0.121. The fourth-order valence-electron chi connectivity index (χ4n) is 4.78. The SMILES string of the molecule is CCOc1ncccc1-c1ccc(N2CCN(C(=O)c3ccc(F)cc3C(F)F)C[C@H]2CC)c(OCCNC)n1. The Labute approximate surface area is 232 Å². The molecule has 214 valence electrons. The predicted molar refractivity (Wildman–Crippen MR) is 147 cm³/mol. The number of likely N-dealkylation sites (N-methyl/N-ethyl adjacent to an activating group) is 1. The van der Waals surface area contributed by atoms with Gasteiger partial charge < -0.3 is 24.6 Å². The number of anilines is 1. The number of aromatic nitrogens is 2. The van der Waals surface area contributed by atoms with Crippen LogP contribution in [0.1, 0.15) is 42.6 Å². The number of pyridine rings is 2. The molecule has 1 aliphatic heterocycles. The fraction of sp³-hybridized carbons (Fsp3) is 0.414. The highest BCUT2D eigenvalue weighted by Crippen LogP contribution is 2.36. The highest BCUT2D eigenvalue weighted by molar-refractivity contribution is 5.96. The molecule has 0 aliphatic carbocycles. The molecule has 1 N–H and O–H groups in total. The van der Waals surface area contributed by atoms with Crippen molar-refractivity contribution in [3.63, 3.8) is 0 Å². The Bertz CT molecular complexity index is 1310. The van der Waals surface area contributed by atoms with Crippen LogP contribution in [0, 0.1) is 5.82 Å². The molecule has 1 aromatic carbocycles. The number of benzene rings is 1. The lowest BCUT2D eigenvalue weighted by atomic mass is 10.0. The lowest BCUT2D eigenvalue weighted by Gasteiger charge is -2.43. The van der Waals surface area contributed by atoms with Crippen LogP contribution in [0.25, 0.3) is 11.3 Å². The van der Waals surface area contributed by atoms with Crippen molar-refractivity contribution < 1.29 is 27.4 Å². The van der Waals surface area contributed by atoms with Gasteiger partial charge in [0.25, 0.3) is 12.3 Å². The average molecular weight is 558 g/mol. The van der Waals surface area contributed by atoms with Crippen LogP contribution in [0.3, 0.4) is 0 Å². The predicted octanol–water partition coefficient (Wildman–Crippen LogP) is 4.96. The molecule has 1 aliphatic rings. The molecule has 8 nitrogen and oxygen atoms in total. The molecular weight excluding hydrogens is 523 g/mol. The van der Waals surface area contributed by atoms with Gasteiger partial charge in [-0.25, -0.2) is 23.1 Å². The van der Waals surface area contributed by atoms with Gasteiger partial charge in [0, 0.05) is 49.5 Å². The van der Waals surface area contributed by atoms with Gasteiger partial charge in [0.1, 0.15) is 18.1 Å². The third-order valence-corrected chi connectivity index (χ3v) is 6.79. The van der Waals surface area contributed by atoms with E-state index in [1.54, 1.807) is 11.1 Å². The van der Waals surface area contributed by atoms with E-state index in [0.717, 1.165) is 29.4 Å². The molecule has 2 aromatic heterocycles. The normalized spacial score (nSPS) is 15.4. The first-order valence-corrected chi connectivity index (χ1v) is 13.4. The number of ether oxygens (including phenoxy) is 2. The molecular formula is C29H34F3N5O3. The van der Waals surface area contributed by atoms with Gasteiger partial charge >= 0.3 is 0 Å². The van der Waals surface area contributed by atoms with Gasteiger partial charge in [-0.15, -0.1) is 0 Å². The van der Waals surface area contributed by atoms with Crippen LogP contribution in [-0.4, -0.2) is 73.3 Å². The van der Waals surface area contributed by atoms with E-state index >= 15 is 0 Å². The van der Waals surface area contributed by atoms with Crippen molar-refractivity contribution in [2.75, 3.05) is 51.3 Å². The summed E-state index contributed by atoms with van der Waals surface area (Å²) < 4.78 is 52.6. The summed E-state index contributed by atoms with van der Waals surface area (Å²) >= 11 is 0. The molecule has 0 unspecified atom stereocenters. The molecule has 40 heavy (non-hydrogen) atoms. The van der Waals surface area contributed by atoms with Crippen LogP contribution in [0.15, 0.2) is 48.7 Å². The Morgan fingerprint density at radius 1 is 1.12 bits per heavy atom. The fourth-order valence-corrected chi connectivity index (χ4v) is 4.78. The monoisotopic (exact) mass is 557 g/mol. The summed E-state index contributed by atoms with van der Waals surface area (Å²) in [6.45, 7) is 6.41. The lowest BCUT2D eigenvalue weighted by molar-refractivity contribution is 0.0709. The largest absolute Gasteiger partial charge is 0.477 e.